The van der Waals surface area contributed by atoms with E-state index in [2.05, 4.69) is 0 Å². The Hall–Kier alpha value is -2.11. The summed E-state index contributed by atoms with van der Waals surface area (Å²) in [7, 11) is 1.37. The number of fused-ring (bicyclic) bond motifs is 1. The first-order chi connectivity index (χ1) is 10.5. The number of nitrogens with zero attached hydrogens (tertiary/aromatic N) is 2. The number of halogens is 1. The molecule has 0 unspecified atom stereocenters. The molecule has 0 N–H and O–H groups in total. The maximum absolute atomic E-state index is 13.8. The Bertz CT molecular complexity index is 619. The molecule has 2 fully saturated rings. The molecule has 0 bridgehead atoms. The summed E-state index contributed by atoms with van der Waals surface area (Å²) in [5, 5.41) is 0. The van der Waals surface area contributed by atoms with Crippen molar-refractivity contribution in [1.29, 1.82) is 0 Å². The minimum absolute atomic E-state index is 0.0175. The summed E-state index contributed by atoms with van der Waals surface area (Å²) >= 11 is 0. The fraction of sp³-hybridized carbons (Fsp3) is 0.500. The molecule has 0 aliphatic carbocycles. The second-order valence-corrected chi connectivity index (χ2v) is 5.81. The molecule has 2 heterocycles. The van der Waals surface area contributed by atoms with Crippen molar-refractivity contribution in [2.75, 3.05) is 20.2 Å². The van der Waals surface area contributed by atoms with E-state index in [-0.39, 0.29) is 29.2 Å². The second-order valence-electron chi connectivity index (χ2n) is 5.81. The number of methoxy groups -OCH3 is 1. The van der Waals surface area contributed by atoms with E-state index in [1.165, 1.54) is 25.3 Å². The number of piperazine rings is 1. The van der Waals surface area contributed by atoms with Gasteiger partial charge >= 0.3 is 0 Å². The molecule has 1 aromatic rings. The van der Waals surface area contributed by atoms with Crippen molar-refractivity contribution in [2.45, 2.75) is 31.8 Å². The van der Waals surface area contributed by atoms with Gasteiger partial charge in [-0.1, -0.05) is 0 Å². The lowest BCUT2D eigenvalue weighted by molar-refractivity contribution is -0.141. The molecule has 1 aromatic carbocycles. The number of carbonyl (C=O) groups excluding carboxylic acids is 2. The lowest BCUT2D eigenvalue weighted by Crippen LogP contribution is -2.60. The van der Waals surface area contributed by atoms with Gasteiger partial charge < -0.3 is 14.5 Å². The van der Waals surface area contributed by atoms with Gasteiger partial charge in [-0.2, -0.15) is 0 Å². The highest BCUT2D eigenvalue weighted by molar-refractivity contribution is 5.98. The highest BCUT2D eigenvalue weighted by atomic mass is 19.1. The van der Waals surface area contributed by atoms with E-state index in [1.807, 2.05) is 4.90 Å². The number of benzene rings is 1. The molecule has 0 saturated carbocycles. The van der Waals surface area contributed by atoms with Gasteiger partial charge in [-0.15, -0.1) is 0 Å². The van der Waals surface area contributed by atoms with Crippen LogP contribution in [0.15, 0.2) is 18.2 Å². The predicted octanol–water partition coefficient (Wildman–Crippen LogP) is 1.67. The van der Waals surface area contributed by atoms with Crippen molar-refractivity contribution < 1.29 is 18.7 Å². The number of rotatable bonds is 2. The third kappa shape index (κ3) is 2.32. The molecule has 2 saturated heterocycles. The summed E-state index contributed by atoms with van der Waals surface area (Å²) in [5.74, 6) is -0.807. The first-order valence-electron chi connectivity index (χ1n) is 7.48. The highest BCUT2D eigenvalue weighted by Crippen LogP contribution is 2.27. The molecule has 118 valence electrons. The number of hydrogen-bond acceptors (Lipinski definition) is 3. The van der Waals surface area contributed by atoms with Gasteiger partial charge in [0.1, 0.15) is 6.04 Å². The molecule has 2 aliphatic rings. The van der Waals surface area contributed by atoms with Gasteiger partial charge in [0.2, 0.25) is 5.91 Å². The maximum Gasteiger partial charge on any atom is 0.254 e. The molecule has 0 radical (unpaired) electrons. The molecule has 0 spiro atoms. The molecule has 22 heavy (non-hydrogen) atoms. The molecule has 2 amide bonds. The van der Waals surface area contributed by atoms with Gasteiger partial charge in [0.25, 0.3) is 5.91 Å². The Morgan fingerprint density at radius 2 is 2.18 bits per heavy atom. The predicted molar refractivity (Wildman–Crippen MR) is 78.2 cm³/mol. The first-order valence-corrected chi connectivity index (χ1v) is 7.48. The average molecular weight is 306 g/mol. The Labute approximate surface area is 128 Å². The van der Waals surface area contributed by atoms with E-state index in [0.717, 1.165) is 19.4 Å². The number of ether oxygens (including phenoxy) is 1. The van der Waals surface area contributed by atoms with Gasteiger partial charge in [0.05, 0.1) is 7.11 Å². The largest absolute Gasteiger partial charge is 0.494 e. The molecule has 6 heteroatoms. The minimum Gasteiger partial charge on any atom is -0.494 e. The lowest BCUT2D eigenvalue weighted by Gasteiger charge is -2.41. The van der Waals surface area contributed by atoms with E-state index in [1.54, 1.807) is 11.8 Å². The monoisotopic (exact) mass is 306 g/mol. The number of carbonyl (C=O) groups is 2. The maximum atomic E-state index is 13.8. The van der Waals surface area contributed by atoms with Crippen molar-refractivity contribution in [3.63, 3.8) is 0 Å². The normalized spacial score (nSPS) is 24.4. The minimum atomic E-state index is -0.577. The van der Waals surface area contributed by atoms with Crippen LogP contribution in [0.3, 0.4) is 0 Å². The summed E-state index contributed by atoms with van der Waals surface area (Å²) in [6.45, 7) is 3.01. The van der Waals surface area contributed by atoms with Crippen LogP contribution < -0.4 is 4.74 Å². The Kier molecular flexibility index (Phi) is 3.76. The van der Waals surface area contributed by atoms with Crippen molar-refractivity contribution in [3.05, 3.63) is 29.6 Å². The van der Waals surface area contributed by atoms with Crippen molar-refractivity contribution in [2.24, 2.45) is 0 Å². The van der Waals surface area contributed by atoms with Crippen LogP contribution in [0.5, 0.6) is 5.75 Å². The average Bonchev–Trinajstić information content (AvgIpc) is 2.98. The van der Waals surface area contributed by atoms with Crippen LogP contribution in [0.1, 0.15) is 30.1 Å². The smallest absolute Gasteiger partial charge is 0.254 e. The zero-order valence-electron chi connectivity index (χ0n) is 12.7. The summed E-state index contributed by atoms with van der Waals surface area (Å²) in [4.78, 5) is 28.4. The molecule has 3 rings (SSSR count). The summed E-state index contributed by atoms with van der Waals surface area (Å²) in [6, 6.07) is 3.71. The number of hydrogen-bond donors (Lipinski definition) is 0. The molecule has 2 aliphatic heterocycles. The zero-order valence-corrected chi connectivity index (χ0v) is 12.7. The fourth-order valence-electron chi connectivity index (χ4n) is 3.30. The van der Waals surface area contributed by atoms with Crippen molar-refractivity contribution in [3.8, 4) is 5.75 Å². The van der Waals surface area contributed by atoms with E-state index in [9.17, 15) is 14.0 Å². The Balaban J connectivity index is 1.85. The van der Waals surface area contributed by atoms with Gasteiger partial charge in [-0.3, -0.25) is 9.59 Å². The molecule has 2 atom stereocenters. The van der Waals surface area contributed by atoms with Crippen LogP contribution in [0.2, 0.25) is 0 Å². The molecular weight excluding hydrogens is 287 g/mol. The SMILES string of the molecule is COc1ccc(C(=O)N2C[C@@H]3CCCN3C(=O)[C@@H]2C)cc1F. The summed E-state index contributed by atoms with van der Waals surface area (Å²) < 4.78 is 18.7. The Morgan fingerprint density at radius 1 is 1.41 bits per heavy atom. The molecular formula is C16H19FN2O3. The zero-order chi connectivity index (χ0) is 15.9. The highest BCUT2D eigenvalue weighted by Gasteiger charge is 2.42. The van der Waals surface area contributed by atoms with Gasteiger partial charge in [-0.25, -0.2) is 4.39 Å². The standard InChI is InChI=1S/C16H19FN2O3/c1-10-15(20)18-7-3-4-12(18)9-19(10)16(21)11-5-6-14(22-2)13(17)8-11/h5-6,8,10,12H,3-4,7,9H2,1-2H3/t10-,12-/m0/s1. The quantitative estimate of drug-likeness (QED) is 0.835. The molecule has 5 nitrogen and oxygen atoms in total. The number of amides is 2. The first kappa shape index (κ1) is 14.8. The summed E-state index contributed by atoms with van der Waals surface area (Å²) in [6.07, 6.45) is 1.89. The topological polar surface area (TPSA) is 49.9 Å². The fourth-order valence-corrected chi connectivity index (χ4v) is 3.30. The van der Waals surface area contributed by atoms with Gasteiger partial charge in [-0.05, 0) is 38.0 Å². The van der Waals surface area contributed by atoms with Crippen molar-refractivity contribution in [1.82, 2.24) is 9.80 Å². The van der Waals surface area contributed by atoms with E-state index >= 15 is 0 Å². The Morgan fingerprint density at radius 3 is 2.86 bits per heavy atom. The van der Waals surface area contributed by atoms with Gasteiger partial charge in [0, 0.05) is 24.7 Å². The van der Waals surface area contributed by atoms with Crippen LogP contribution in [0.4, 0.5) is 4.39 Å². The second kappa shape index (κ2) is 5.59. The van der Waals surface area contributed by atoms with E-state index in [0.29, 0.717) is 6.54 Å². The van der Waals surface area contributed by atoms with Crippen LogP contribution in [-0.4, -0.2) is 53.9 Å². The lowest BCUT2D eigenvalue weighted by atomic mass is 10.1. The van der Waals surface area contributed by atoms with E-state index < -0.39 is 11.9 Å². The van der Waals surface area contributed by atoms with Crippen LogP contribution >= 0.6 is 0 Å². The van der Waals surface area contributed by atoms with Gasteiger partial charge in [0.15, 0.2) is 11.6 Å². The molecule has 0 aromatic heterocycles. The summed E-state index contributed by atoms with van der Waals surface area (Å²) in [5.41, 5.74) is 0.240. The van der Waals surface area contributed by atoms with Crippen molar-refractivity contribution >= 4 is 11.8 Å². The van der Waals surface area contributed by atoms with E-state index in [4.69, 9.17) is 4.74 Å². The third-order valence-electron chi connectivity index (χ3n) is 4.55. The third-order valence-corrected chi connectivity index (χ3v) is 4.55. The van der Waals surface area contributed by atoms with Crippen LogP contribution in [0, 0.1) is 5.82 Å². The van der Waals surface area contributed by atoms with Crippen LogP contribution in [0.25, 0.3) is 0 Å². The van der Waals surface area contributed by atoms with Crippen LogP contribution in [-0.2, 0) is 4.79 Å².